The minimum absolute atomic E-state index is 0.00116. The third-order valence-corrected chi connectivity index (χ3v) is 5.10. The van der Waals surface area contributed by atoms with Gasteiger partial charge in [-0.3, -0.25) is 14.4 Å². The lowest BCUT2D eigenvalue weighted by atomic mass is 10.1. The van der Waals surface area contributed by atoms with Crippen molar-refractivity contribution in [3.05, 3.63) is 90.0 Å². The molecule has 162 valence electrons. The Morgan fingerprint density at radius 1 is 0.844 bits per heavy atom. The highest BCUT2D eigenvalue weighted by Gasteiger charge is 2.35. The van der Waals surface area contributed by atoms with Crippen molar-refractivity contribution < 1.29 is 23.2 Å². The molecule has 1 atom stereocenters. The summed E-state index contributed by atoms with van der Waals surface area (Å²) in [5.41, 5.74) is 1.47. The molecule has 1 heterocycles. The molecule has 3 aromatic rings. The van der Waals surface area contributed by atoms with Gasteiger partial charge in [-0.05, 0) is 48.5 Å². The Morgan fingerprint density at radius 3 is 2.16 bits per heavy atom. The van der Waals surface area contributed by atoms with E-state index in [2.05, 4.69) is 10.6 Å². The molecule has 1 saturated heterocycles. The van der Waals surface area contributed by atoms with Crippen LogP contribution in [0.25, 0.3) is 0 Å². The summed E-state index contributed by atoms with van der Waals surface area (Å²) < 4.78 is 26.5. The first-order chi connectivity index (χ1) is 15.4. The summed E-state index contributed by atoms with van der Waals surface area (Å²) in [6, 6.07) is 18.0. The van der Waals surface area contributed by atoms with Crippen LogP contribution < -0.4 is 15.5 Å². The molecule has 1 aliphatic heterocycles. The topological polar surface area (TPSA) is 78.5 Å². The second-order valence-electron chi connectivity index (χ2n) is 7.42. The Kier molecular flexibility index (Phi) is 5.93. The van der Waals surface area contributed by atoms with E-state index in [1.165, 1.54) is 12.1 Å². The van der Waals surface area contributed by atoms with Gasteiger partial charge in [0.2, 0.25) is 11.8 Å². The second-order valence-corrected chi connectivity index (χ2v) is 7.42. The summed E-state index contributed by atoms with van der Waals surface area (Å²) in [5, 5.41) is 5.18. The molecule has 0 bridgehead atoms. The summed E-state index contributed by atoms with van der Waals surface area (Å²) in [6.07, 6.45) is 0.116. The third-order valence-electron chi connectivity index (χ3n) is 5.10. The number of benzene rings is 3. The molecule has 0 saturated carbocycles. The normalized spacial score (nSPS) is 15.5. The van der Waals surface area contributed by atoms with E-state index < -0.39 is 23.5 Å². The van der Waals surface area contributed by atoms with Gasteiger partial charge in [-0.2, -0.15) is 0 Å². The van der Waals surface area contributed by atoms with Gasteiger partial charge in [-0.1, -0.05) is 18.2 Å². The maximum Gasteiger partial charge on any atom is 0.255 e. The SMILES string of the molecule is O=C(Nc1cc(F)cc(F)c1)c1ccc(NC(=O)C2CC(=O)N(c3ccccc3)C2)cc1. The first kappa shape index (κ1) is 21.2. The lowest BCUT2D eigenvalue weighted by molar-refractivity contribution is -0.122. The van der Waals surface area contributed by atoms with Crippen LogP contribution in [0.2, 0.25) is 0 Å². The van der Waals surface area contributed by atoms with Crippen LogP contribution in [0.4, 0.5) is 25.8 Å². The summed E-state index contributed by atoms with van der Waals surface area (Å²) >= 11 is 0. The van der Waals surface area contributed by atoms with Gasteiger partial charge in [0.15, 0.2) is 0 Å². The number of amides is 3. The molecule has 1 unspecified atom stereocenters. The quantitative estimate of drug-likeness (QED) is 0.630. The van der Waals surface area contributed by atoms with Gasteiger partial charge in [-0.15, -0.1) is 0 Å². The Morgan fingerprint density at radius 2 is 1.50 bits per heavy atom. The number of nitrogens with zero attached hydrogens (tertiary/aromatic N) is 1. The van der Waals surface area contributed by atoms with Gasteiger partial charge in [0.25, 0.3) is 5.91 Å². The fraction of sp³-hybridized carbons (Fsp3) is 0.125. The number of para-hydroxylation sites is 1. The van der Waals surface area contributed by atoms with E-state index in [-0.39, 0.29) is 29.5 Å². The summed E-state index contributed by atoms with van der Waals surface area (Å²) in [5.74, 6) is -3.04. The average molecular weight is 435 g/mol. The number of hydrogen-bond donors (Lipinski definition) is 2. The summed E-state index contributed by atoms with van der Waals surface area (Å²) in [4.78, 5) is 38.8. The molecule has 2 N–H and O–H groups in total. The maximum absolute atomic E-state index is 13.3. The summed E-state index contributed by atoms with van der Waals surface area (Å²) in [6.45, 7) is 0.291. The fourth-order valence-electron chi connectivity index (χ4n) is 3.52. The molecule has 0 aromatic heterocycles. The van der Waals surface area contributed by atoms with Gasteiger partial charge in [0, 0.05) is 41.7 Å². The van der Waals surface area contributed by atoms with E-state index in [0.717, 1.165) is 17.8 Å². The van der Waals surface area contributed by atoms with Gasteiger partial charge in [0.1, 0.15) is 11.6 Å². The van der Waals surface area contributed by atoms with Crippen molar-refractivity contribution in [3.8, 4) is 0 Å². The van der Waals surface area contributed by atoms with Crippen molar-refractivity contribution in [2.45, 2.75) is 6.42 Å². The van der Waals surface area contributed by atoms with Crippen LogP contribution in [-0.4, -0.2) is 24.3 Å². The van der Waals surface area contributed by atoms with Gasteiger partial charge in [-0.25, -0.2) is 8.78 Å². The molecule has 6 nitrogen and oxygen atoms in total. The molecule has 3 amide bonds. The second kappa shape index (κ2) is 8.97. The van der Waals surface area contributed by atoms with Crippen LogP contribution in [0.15, 0.2) is 72.8 Å². The minimum Gasteiger partial charge on any atom is -0.326 e. The number of rotatable bonds is 5. The molecular formula is C24H19F2N3O3. The first-order valence-electron chi connectivity index (χ1n) is 9.93. The van der Waals surface area contributed by atoms with Crippen LogP contribution in [-0.2, 0) is 9.59 Å². The number of hydrogen-bond acceptors (Lipinski definition) is 3. The van der Waals surface area contributed by atoms with E-state index >= 15 is 0 Å². The van der Waals surface area contributed by atoms with Gasteiger partial charge in [0.05, 0.1) is 5.92 Å². The molecule has 4 rings (SSSR count). The number of halogens is 2. The van der Waals surface area contributed by atoms with E-state index in [4.69, 9.17) is 0 Å². The van der Waals surface area contributed by atoms with Crippen molar-refractivity contribution in [2.75, 3.05) is 22.1 Å². The van der Waals surface area contributed by atoms with Crippen molar-refractivity contribution in [3.63, 3.8) is 0 Å². The minimum atomic E-state index is -0.797. The van der Waals surface area contributed by atoms with Crippen LogP contribution >= 0.6 is 0 Å². The van der Waals surface area contributed by atoms with Crippen LogP contribution in [0, 0.1) is 17.6 Å². The zero-order valence-electron chi connectivity index (χ0n) is 16.8. The average Bonchev–Trinajstić information content (AvgIpc) is 3.16. The molecule has 0 spiro atoms. The molecule has 8 heteroatoms. The highest BCUT2D eigenvalue weighted by atomic mass is 19.1. The number of carbonyl (C=O) groups is 3. The molecule has 1 fully saturated rings. The van der Waals surface area contributed by atoms with Crippen LogP contribution in [0.5, 0.6) is 0 Å². The predicted octanol–water partition coefficient (Wildman–Crippen LogP) is 4.21. The standard InChI is InChI=1S/C24H19F2N3O3/c25-17-11-18(26)13-20(12-17)28-23(31)15-6-8-19(9-7-15)27-24(32)16-10-22(30)29(14-16)21-4-2-1-3-5-21/h1-9,11-13,16H,10,14H2,(H,27,32)(H,28,31). The number of carbonyl (C=O) groups excluding carboxylic acids is 3. The maximum atomic E-state index is 13.3. The molecule has 1 aliphatic rings. The zero-order valence-corrected chi connectivity index (χ0v) is 16.8. The van der Waals surface area contributed by atoms with Crippen molar-refractivity contribution >= 4 is 34.8 Å². The van der Waals surface area contributed by atoms with Crippen LogP contribution in [0.1, 0.15) is 16.8 Å². The largest absolute Gasteiger partial charge is 0.326 e. The number of nitrogens with one attached hydrogen (secondary N) is 2. The van der Waals surface area contributed by atoms with Gasteiger partial charge < -0.3 is 15.5 Å². The van der Waals surface area contributed by atoms with Crippen molar-refractivity contribution in [1.29, 1.82) is 0 Å². The fourth-order valence-corrected chi connectivity index (χ4v) is 3.52. The highest BCUT2D eigenvalue weighted by Crippen LogP contribution is 2.26. The van der Waals surface area contributed by atoms with E-state index in [9.17, 15) is 23.2 Å². The molecule has 0 aliphatic carbocycles. The Labute approximate surface area is 182 Å². The van der Waals surface area contributed by atoms with Crippen LogP contribution in [0.3, 0.4) is 0 Å². The lowest BCUT2D eigenvalue weighted by Crippen LogP contribution is -2.28. The lowest BCUT2D eigenvalue weighted by Gasteiger charge is -2.16. The van der Waals surface area contributed by atoms with Gasteiger partial charge >= 0.3 is 0 Å². The van der Waals surface area contributed by atoms with E-state index in [0.29, 0.717) is 18.3 Å². The molecule has 0 radical (unpaired) electrons. The Hall–Kier alpha value is -4.07. The van der Waals surface area contributed by atoms with Crippen molar-refractivity contribution in [2.24, 2.45) is 5.92 Å². The highest BCUT2D eigenvalue weighted by molar-refractivity contribution is 6.05. The van der Waals surface area contributed by atoms with Crippen molar-refractivity contribution in [1.82, 2.24) is 0 Å². The van der Waals surface area contributed by atoms with E-state index in [1.807, 2.05) is 30.3 Å². The predicted molar refractivity (Wildman–Crippen MR) is 116 cm³/mol. The zero-order chi connectivity index (χ0) is 22.7. The smallest absolute Gasteiger partial charge is 0.255 e. The Bertz CT molecular complexity index is 1150. The third kappa shape index (κ3) is 4.80. The first-order valence-corrected chi connectivity index (χ1v) is 9.93. The molecular weight excluding hydrogens is 416 g/mol. The molecule has 32 heavy (non-hydrogen) atoms. The Balaban J connectivity index is 1.36. The molecule has 3 aromatic carbocycles. The summed E-state index contributed by atoms with van der Waals surface area (Å²) in [7, 11) is 0. The number of anilines is 3. The van der Waals surface area contributed by atoms with E-state index in [1.54, 1.807) is 17.0 Å². The monoisotopic (exact) mass is 435 g/mol.